The number of hydrogen-bond donors (Lipinski definition) is 0. The summed E-state index contributed by atoms with van der Waals surface area (Å²) in [6, 6.07) is 0. The third-order valence-corrected chi connectivity index (χ3v) is 2.09. The van der Waals surface area contributed by atoms with E-state index in [1.54, 1.807) is 7.11 Å². The highest BCUT2D eigenvalue weighted by Gasteiger charge is 2.24. The lowest BCUT2D eigenvalue weighted by molar-refractivity contribution is -0.0845. The van der Waals surface area contributed by atoms with Crippen molar-refractivity contribution >= 4 is 15.9 Å². The lowest BCUT2D eigenvalue weighted by Gasteiger charge is -2.08. The van der Waals surface area contributed by atoms with Crippen molar-refractivity contribution in [2.24, 2.45) is 0 Å². The first-order valence-electron chi connectivity index (χ1n) is 2.63. The average Bonchev–Trinajstić information content (AvgIpc) is 2.14. The van der Waals surface area contributed by atoms with Crippen LogP contribution >= 0.6 is 15.9 Å². The van der Waals surface area contributed by atoms with Gasteiger partial charge in [-0.1, -0.05) is 15.9 Å². The van der Waals surface area contributed by atoms with Gasteiger partial charge in [-0.3, -0.25) is 0 Å². The number of methoxy groups -OCH3 is 1. The van der Waals surface area contributed by atoms with Gasteiger partial charge in [0.1, 0.15) is 0 Å². The maximum Gasteiger partial charge on any atom is 0.169 e. The van der Waals surface area contributed by atoms with E-state index >= 15 is 0 Å². The Hall–Kier alpha value is 0.400. The third kappa shape index (κ3) is 1.21. The van der Waals surface area contributed by atoms with Gasteiger partial charge >= 0.3 is 0 Å². The molecule has 1 aliphatic rings. The van der Waals surface area contributed by atoms with E-state index < -0.39 is 0 Å². The van der Waals surface area contributed by atoms with Gasteiger partial charge in [-0.2, -0.15) is 0 Å². The van der Waals surface area contributed by atoms with Crippen molar-refractivity contribution in [3.63, 3.8) is 0 Å². The van der Waals surface area contributed by atoms with Crippen LogP contribution in [-0.4, -0.2) is 24.8 Å². The van der Waals surface area contributed by atoms with Crippen LogP contribution < -0.4 is 0 Å². The van der Waals surface area contributed by atoms with Crippen LogP contribution in [0.1, 0.15) is 6.42 Å². The Balaban J connectivity index is 2.30. The van der Waals surface area contributed by atoms with Gasteiger partial charge < -0.3 is 9.47 Å². The molecule has 0 radical (unpaired) electrons. The fraction of sp³-hybridized carbons (Fsp3) is 1.00. The van der Waals surface area contributed by atoms with Crippen molar-refractivity contribution < 1.29 is 9.47 Å². The van der Waals surface area contributed by atoms with E-state index in [9.17, 15) is 0 Å². The number of ether oxygens (including phenoxy) is 2. The van der Waals surface area contributed by atoms with Gasteiger partial charge in [0.15, 0.2) is 6.29 Å². The molecular formula is C5H9BrO2. The maximum atomic E-state index is 5.15. The highest BCUT2D eigenvalue weighted by molar-refractivity contribution is 9.09. The van der Waals surface area contributed by atoms with E-state index in [0.29, 0.717) is 4.83 Å². The highest BCUT2D eigenvalue weighted by Crippen LogP contribution is 2.20. The summed E-state index contributed by atoms with van der Waals surface area (Å²) in [5.74, 6) is 0. The maximum absolute atomic E-state index is 5.15. The Morgan fingerprint density at radius 3 is 2.75 bits per heavy atom. The fourth-order valence-corrected chi connectivity index (χ4v) is 1.31. The number of alkyl halides is 1. The summed E-state index contributed by atoms with van der Waals surface area (Å²) in [6.45, 7) is 0.814. The van der Waals surface area contributed by atoms with E-state index in [1.807, 2.05) is 0 Å². The molecule has 0 N–H and O–H groups in total. The van der Waals surface area contributed by atoms with Crippen LogP contribution in [-0.2, 0) is 9.47 Å². The van der Waals surface area contributed by atoms with Crippen LogP contribution in [0.5, 0.6) is 0 Å². The molecular weight excluding hydrogens is 172 g/mol. The molecule has 0 aliphatic carbocycles. The van der Waals surface area contributed by atoms with Crippen LogP contribution in [0.25, 0.3) is 0 Å². The van der Waals surface area contributed by atoms with Gasteiger partial charge in [0, 0.05) is 7.11 Å². The van der Waals surface area contributed by atoms with Gasteiger partial charge in [-0.25, -0.2) is 0 Å². The van der Waals surface area contributed by atoms with Crippen molar-refractivity contribution in [1.29, 1.82) is 0 Å². The number of hydrogen-bond acceptors (Lipinski definition) is 2. The first-order chi connectivity index (χ1) is 3.84. The summed E-state index contributed by atoms with van der Waals surface area (Å²) in [6.07, 6.45) is 1.04. The summed E-state index contributed by atoms with van der Waals surface area (Å²) in [5.41, 5.74) is 0. The predicted molar refractivity (Wildman–Crippen MR) is 34.1 cm³/mol. The molecule has 8 heavy (non-hydrogen) atoms. The Bertz CT molecular complexity index is 76.8. The fourth-order valence-electron chi connectivity index (χ4n) is 0.753. The van der Waals surface area contributed by atoms with E-state index in [0.717, 1.165) is 13.0 Å². The second-order valence-electron chi connectivity index (χ2n) is 1.78. The molecule has 0 spiro atoms. The zero-order chi connectivity index (χ0) is 5.98. The zero-order valence-electron chi connectivity index (χ0n) is 4.76. The van der Waals surface area contributed by atoms with Gasteiger partial charge in [0.25, 0.3) is 0 Å². The molecule has 0 saturated carbocycles. The highest BCUT2D eigenvalue weighted by atomic mass is 79.9. The standard InChI is InChI=1S/C5H9BrO2/c1-7-5-4(6)2-3-8-5/h4-5H,2-3H2,1H3/t4-,5+/m0/s1. The van der Waals surface area contributed by atoms with Gasteiger partial charge in [0.05, 0.1) is 11.4 Å². The molecule has 0 amide bonds. The van der Waals surface area contributed by atoms with Crippen LogP contribution in [0.4, 0.5) is 0 Å². The lowest BCUT2D eigenvalue weighted by Crippen LogP contribution is -2.16. The molecule has 0 aromatic heterocycles. The Labute approximate surface area is 57.3 Å². The molecule has 1 rings (SSSR count). The Kier molecular flexibility index (Phi) is 2.28. The third-order valence-electron chi connectivity index (χ3n) is 1.20. The molecule has 1 heterocycles. The summed E-state index contributed by atoms with van der Waals surface area (Å²) in [7, 11) is 1.66. The smallest absolute Gasteiger partial charge is 0.169 e. The quantitative estimate of drug-likeness (QED) is 0.564. The SMILES string of the molecule is CO[C@@H]1OCC[C@@H]1Br. The predicted octanol–water partition coefficient (Wildman–Crippen LogP) is 1.14. The van der Waals surface area contributed by atoms with E-state index in [4.69, 9.17) is 9.47 Å². The molecule has 1 fully saturated rings. The largest absolute Gasteiger partial charge is 0.355 e. The van der Waals surface area contributed by atoms with Crippen LogP contribution in [0.2, 0.25) is 0 Å². The van der Waals surface area contributed by atoms with E-state index in [-0.39, 0.29) is 6.29 Å². The molecule has 2 nitrogen and oxygen atoms in total. The molecule has 2 atom stereocenters. The molecule has 1 aliphatic heterocycles. The summed E-state index contributed by atoms with van der Waals surface area (Å²) in [5, 5.41) is 0. The zero-order valence-corrected chi connectivity index (χ0v) is 6.35. The van der Waals surface area contributed by atoms with Gasteiger partial charge in [-0.15, -0.1) is 0 Å². The molecule has 0 aromatic carbocycles. The van der Waals surface area contributed by atoms with E-state index in [2.05, 4.69) is 15.9 Å². The van der Waals surface area contributed by atoms with Crippen LogP contribution in [0.15, 0.2) is 0 Å². The van der Waals surface area contributed by atoms with Gasteiger partial charge in [-0.05, 0) is 6.42 Å². The molecule has 1 saturated heterocycles. The summed E-state index contributed by atoms with van der Waals surface area (Å²) < 4.78 is 10.1. The first-order valence-corrected chi connectivity index (χ1v) is 3.54. The number of halogens is 1. The monoisotopic (exact) mass is 180 g/mol. The van der Waals surface area contributed by atoms with E-state index in [1.165, 1.54) is 0 Å². The Morgan fingerprint density at radius 2 is 2.50 bits per heavy atom. The van der Waals surface area contributed by atoms with Crippen molar-refractivity contribution in [3.8, 4) is 0 Å². The minimum Gasteiger partial charge on any atom is -0.355 e. The molecule has 48 valence electrons. The summed E-state index contributed by atoms with van der Waals surface area (Å²) in [4.78, 5) is 0.396. The van der Waals surface area contributed by atoms with Crippen molar-refractivity contribution in [3.05, 3.63) is 0 Å². The number of rotatable bonds is 1. The van der Waals surface area contributed by atoms with Crippen molar-refractivity contribution in [1.82, 2.24) is 0 Å². The van der Waals surface area contributed by atoms with Crippen LogP contribution in [0, 0.1) is 0 Å². The van der Waals surface area contributed by atoms with Crippen molar-refractivity contribution in [2.45, 2.75) is 17.5 Å². The second kappa shape index (κ2) is 2.80. The molecule has 0 unspecified atom stereocenters. The molecule has 3 heteroatoms. The minimum absolute atomic E-state index is 0.0185. The molecule has 0 bridgehead atoms. The first kappa shape index (κ1) is 6.52. The van der Waals surface area contributed by atoms with Gasteiger partial charge in [0.2, 0.25) is 0 Å². The minimum atomic E-state index is -0.0185. The molecule has 0 aromatic rings. The topological polar surface area (TPSA) is 18.5 Å². The Morgan fingerprint density at radius 1 is 1.75 bits per heavy atom. The average molecular weight is 181 g/mol. The lowest BCUT2D eigenvalue weighted by atomic mass is 10.4. The second-order valence-corrected chi connectivity index (χ2v) is 2.96. The van der Waals surface area contributed by atoms with Crippen molar-refractivity contribution in [2.75, 3.05) is 13.7 Å². The normalized spacial score (nSPS) is 38.2. The summed E-state index contributed by atoms with van der Waals surface area (Å²) >= 11 is 3.41. The van der Waals surface area contributed by atoms with Crippen LogP contribution in [0.3, 0.4) is 0 Å².